The van der Waals surface area contributed by atoms with E-state index in [0.717, 1.165) is 5.56 Å². The molecule has 1 aromatic carbocycles. The van der Waals surface area contributed by atoms with E-state index in [0.29, 0.717) is 0 Å². The molecule has 0 bridgehead atoms. The maximum Gasteiger partial charge on any atom is 0.313 e. The molecule has 1 aromatic rings. The molecule has 23 heavy (non-hydrogen) atoms. The molecule has 2 rings (SSSR count). The number of carbonyl (C=O) groups excluding carboxylic acids is 1. The van der Waals surface area contributed by atoms with Crippen LogP contribution in [0, 0.1) is 0 Å². The first-order valence-electron chi connectivity index (χ1n) is 7.40. The van der Waals surface area contributed by atoms with E-state index in [1.54, 1.807) is 31.2 Å². The summed E-state index contributed by atoms with van der Waals surface area (Å²) in [4.78, 5) is 12.3. The lowest BCUT2D eigenvalue weighted by molar-refractivity contribution is -0.297. The van der Waals surface area contributed by atoms with E-state index >= 15 is 0 Å². The Balaban J connectivity index is 2.10. The maximum absolute atomic E-state index is 12.3. The minimum atomic E-state index is -1.36. The number of aliphatic hydroxyl groups is 3. The van der Waals surface area contributed by atoms with Crippen molar-refractivity contribution in [1.82, 2.24) is 0 Å². The number of methoxy groups -OCH3 is 1. The molecular weight excluding hydrogens is 304 g/mol. The van der Waals surface area contributed by atoms with Gasteiger partial charge in [-0.2, -0.15) is 0 Å². The molecule has 1 aliphatic rings. The van der Waals surface area contributed by atoms with Crippen LogP contribution < -0.4 is 0 Å². The Morgan fingerprint density at radius 1 is 1.26 bits per heavy atom. The third kappa shape index (κ3) is 3.88. The van der Waals surface area contributed by atoms with Crippen LogP contribution in [0.25, 0.3) is 0 Å². The van der Waals surface area contributed by atoms with Crippen molar-refractivity contribution in [3.63, 3.8) is 0 Å². The lowest BCUT2D eigenvalue weighted by Crippen LogP contribution is -2.60. The molecule has 1 saturated heterocycles. The standard InChI is InChI=1S/C16H22O7/c1-9(10-6-4-3-5-7-10)15(20)23-14-12(18)11(8-17)22-16(21-2)13(14)19/h3-7,9,11-14,16-19H,8H2,1-2H3/t9?,11-,12-,13-,14+,16+/m1/s1. The first kappa shape index (κ1) is 17.8. The summed E-state index contributed by atoms with van der Waals surface area (Å²) in [6.45, 7) is 1.18. The molecule has 7 heteroatoms. The molecule has 1 fully saturated rings. The van der Waals surface area contributed by atoms with E-state index in [1.165, 1.54) is 7.11 Å². The smallest absolute Gasteiger partial charge is 0.313 e. The Hall–Kier alpha value is -1.51. The fraction of sp³-hybridized carbons (Fsp3) is 0.562. The predicted molar refractivity (Wildman–Crippen MR) is 79.5 cm³/mol. The monoisotopic (exact) mass is 326 g/mol. The molecule has 0 spiro atoms. The lowest BCUT2D eigenvalue weighted by Gasteiger charge is -2.41. The number of ether oxygens (including phenoxy) is 3. The van der Waals surface area contributed by atoms with Gasteiger partial charge in [0.05, 0.1) is 12.5 Å². The molecule has 1 unspecified atom stereocenters. The van der Waals surface area contributed by atoms with E-state index in [1.807, 2.05) is 6.07 Å². The highest BCUT2D eigenvalue weighted by atomic mass is 16.7. The Morgan fingerprint density at radius 2 is 1.91 bits per heavy atom. The normalized spacial score (nSPS) is 32.3. The number of benzene rings is 1. The molecule has 0 saturated carbocycles. The van der Waals surface area contributed by atoms with Crippen LogP contribution in [0.4, 0.5) is 0 Å². The zero-order valence-corrected chi connectivity index (χ0v) is 13.0. The number of aliphatic hydroxyl groups excluding tert-OH is 3. The molecule has 7 nitrogen and oxygen atoms in total. The number of rotatable bonds is 5. The van der Waals surface area contributed by atoms with Gasteiger partial charge in [0.1, 0.15) is 18.3 Å². The first-order valence-corrected chi connectivity index (χ1v) is 7.40. The van der Waals surface area contributed by atoms with Crippen molar-refractivity contribution in [2.45, 2.75) is 43.5 Å². The summed E-state index contributed by atoms with van der Waals surface area (Å²) in [6, 6.07) is 9.02. The topological polar surface area (TPSA) is 105 Å². The molecular formula is C16H22O7. The maximum atomic E-state index is 12.3. The summed E-state index contributed by atoms with van der Waals surface area (Å²) < 4.78 is 15.4. The highest BCUT2D eigenvalue weighted by molar-refractivity contribution is 5.77. The van der Waals surface area contributed by atoms with Gasteiger partial charge in [0.15, 0.2) is 12.4 Å². The summed E-state index contributed by atoms with van der Waals surface area (Å²) in [5, 5.41) is 29.5. The highest BCUT2D eigenvalue weighted by Gasteiger charge is 2.47. The van der Waals surface area contributed by atoms with Crippen molar-refractivity contribution >= 4 is 5.97 Å². The Bertz CT molecular complexity index is 490. The van der Waals surface area contributed by atoms with Crippen molar-refractivity contribution in [3.05, 3.63) is 35.9 Å². The molecule has 3 N–H and O–H groups in total. The van der Waals surface area contributed by atoms with Gasteiger partial charge < -0.3 is 29.5 Å². The number of hydrogen-bond donors (Lipinski definition) is 3. The van der Waals surface area contributed by atoms with Gasteiger partial charge in [0.2, 0.25) is 0 Å². The summed E-state index contributed by atoms with van der Waals surface area (Å²) >= 11 is 0. The van der Waals surface area contributed by atoms with Gasteiger partial charge in [0, 0.05) is 7.11 Å². The van der Waals surface area contributed by atoms with Gasteiger partial charge in [0.25, 0.3) is 0 Å². The third-order valence-corrected chi connectivity index (χ3v) is 3.96. The highest BCUT2D eigenvalue weighted by Crippen LogP contribution is 2.26. The first-order chi connectivity index (χ1) is 11.0. The Morgan fingerprint density at radius 3 is 2.48 bits per heavy atom. The van der Waals surface area contributed by atoms with Crippen LogP contribution in [-0.4, -0.2) is 65.7 Å². The van der Waals surface area contributed by atoms with Crippen LogP contribution in [0.5, 0.6) is 0 Å². The quantitative estimate of drug-likeness (QED) is 0.643. The van der Waals surface area contributed by atoms with Crippen LogP contribution >= 0.6 is 0 Å². The van der Waals surface area contributed by atoms with E-state index in [2.05, 4.69) is 0 Å². The SMILES string of the molecule is CO[C@H]1O[C@H](CO)[C@@H](O)[C@H](OC(=O)C(C)c2ccccc2)[C@H]1O. The number of hydrogen-bond acceptors (Lipinski definition) is 7. The molecule has 0 aliphatic carbocycles. The number of carbonyl (C=O) groups is 1. The molecule has 0 amide bonds. The predicted octanol–water partition coefficient (Wildman–Crippen LogP) is -0.213. The van der Waals surface area contributed by atoms with Gasteiger partial charge >= 0.3 is 5.97 Å². The molecule has 0 radical (unpaired) electrons. The lowest BCUT2D eigenvalue weighted by atomic mass is 9.97. The molecule has 0 aromatic heterocycles. The van der Waals surface area contributed by atoms with E-state index < -0.39 is 49.2 Å². The van der Waals surface area contributed by atoms with Crippen LogP contribution in [0.15, 0.2) is 30.3 Å². The molecule has 1 aliphatic heterocycles. The van der Waals surface area contributed by atoms with Gasteiger partial charge in [-0.25, -0.2) is 0 Å². The minimum Gasteiger partial charge on any atom is -0.456 e. The second-order valence-corrected chi connectivity index (χ2v) is 5.48. The second-order valence-electron chi connectivity index (χ2n) is 5.48. The van der Waals surface area contributed by atoms with Gasteiger partial charge in [-0.05, 0) is 12.5 Å². The van der Waals surface area contributed by atoms with Gasteiger partial charge in [-0.15, -0.1) is 0 Å². The third-order valence-electron chi connectivity index (χ3n) is 3.96. The number of esters is 1. The second kappa shape index (κ2) is 7.85. The van der Waals surface area contributed by atoms with Crippen LogP contribution in [-0.2, 0) is 19.0 Å². The van der Waals surface area contributed by atoms with Gasteiger partial charge in [-0.1, -0.05) is 30.3 Å². The molecule has 1 heterocycles. The summed E-state index contributed by atoms with van der Waals surface area (Å²) in [5.41, 5.74) is 0.760. The van der Waals surface area contributed by atoms with Crippen molar-refractivity contribution in [3.8, 4) is 0 Å². The molecule has 128 valence electrons. The Kier molecular flexibility index (Phi) is 6.09. The molecule has 6 atom stereocenters. The van der Waals surface area contributed by atoms with Crippen molar-refractivity contribution in [1.29, 1.82) is 0 Å². The zero-order chi connectivity index (χ0) is 17.0. The van der Waals surface area contributed by atoms with Crippen molar-refractivity contribution in [2.75, 3.05) is 13.7 Å². The average molecular weight is 326 g/mol. The summed E-state index contributed by atoms with van der Waals surface area (Å²) in [7, 11) is 1.31. The summed E-state index contributed by atoms with van der Waals surface area (Å²) in [6.07, 6.45) is -6.06. The van der Waals surface area contributed by atoms with Crippen LogP contribution in [0.1, 0.15) is 18.4 Å². The zero-order valence-electron chi connectivity index (χ0n) is 13.0. The fourth-order valence-electron chi connectivity index (χ4n) is 2.50. The summed E-state index contributed by atoms with van der Waals surface area (Å²) in [5.74, 6) is -1.15. The van der Waals surface area contributed by atoms with E-state index in [9.17, 15) is 20.1 Å². The minimum absolute atomic E-state index is 0.490. The van der Waals surface area contributed by atoms with Crippen LogP contribution in [0.2, 0.25) is 0 Å². The largest absolute Gasteiger partial charge is 0.456 e. The fourth-order valence-corrected chi connectivity index (χ4v) is 2.50. The van der Waals surface area contributed by atoms with Crippen molar-refractivity contribution in [2.24, 2.45) is 0 Å². The average Bonchev–Trinajstić information content (AvgIpc) is 2.58. The van der Waals surface area contributed by atoms with Crippen LogP contribution in [0.3, 0.4) is 0 Å². The van der Waals surface area contributed by atoms with E-state index in [4.69, 9.17) is 14.2 Å². The Labute approximate surface area is 134 Å². The van der Waals surface area contributed by atoms with Crippen molar-refractivity contribution < 1.29 is 34.3 Å². The van der Waals surface area contributed by atoms with Gasteiger partial charge in [-0.3, -0.25) is 4.79 Å². The van der Waals surface area contributed by atoms with E-state index in [-0.39, 0.29) is 0 Å².